The normalized spacial score (nSPS) is 12.2. The molecule has 0 aromatic heterocycles. The number of carbonyl (C=O) groups is 2. The number of carbonyl (C=O) groups excluding carboxylic acids is 1. The number of aliphatic carboxylic acids is 1. The van der Waals surface area contributed by atoms with Crippen LogP contribution in [0.1, 0.15) is 13.3 Å². The largest absolute Gasteiger partial charge is 0.480 e. The molecule has 4 N–H and O–H groups in total. The molecule has 0 fully saturated rings. The highest BCUT2D eigenvalue weighted by atomic mass is 16.4. The molecule has 0 saturated carbocycles. The summed E-state index contributed by atoms with van der Waals surface area (Å²) < 4.78 is 0. The van der Waals surface area contributed by atoms with E-state index in [1.165, 1.54) is 6.92 Å². The second-order valence-corrected chi connectivity index (χ2v) is 2.22. The summed E-state index contributed by atoms with van der Waals surface area (Å²) in [5, 5.41) is 10.8. The second-order valence-electron chi connectivity index (χ2n) is 2.22. The lowest BCUT2D eigenvalue weighted by molar-refractivity contribution is -0.138. The molecule has 64 valence electrons. The Balaban J connectivity index is 3.39. The zero-order chi connectivity index (χ0) is 8.85. The number of nitrogens with one attached hydrogen (secondary N) is 1. The number of hydrogen-bond donors (Lipinski definition) is 3. The zero-order valence-corrected chi connectivity index (χ0v) is 6.33. The van der Waals surface area contributed by atoms with Crippen LogP contribution < -0.4 is 11.1 Å². The van der Waals surface area contributed by atoms with Gasteiger partial charge in [0.15, 0.2) is 0 Å². The van der Waals surface area contributed by atoms with Gasteiger partial charge in [-0.3, -0.25) is 9.59 Å². The fourth-order valence-electron chi connectivity index (χ4n) is 0.527. The topological polar surface area (TPSA) is 92.4 Å². The zero-order valence-electron chi connectivity index (χ0n) is 6.33. The van der Waals surface area contributed by atoms with Gasteiger partial charge in [0.2, 0.25) is 5.91 Å². The quantitative estimate of drug-likeness (QED) is 0.488. The van der Waals surface area contributed by atoms with E-state index < -0.39 is 12.0 Å². The molecule has 0 heterocycles. The van der Waals surface area contributed by atoms with Gasteiger partial charge in [-0.25, -0.2) is 0 Å². The molecule has 0 aliphatic rings. The third kappa shape index (κ3) is 5.35. The summed E-state index contributed by atoms with van der Waals surface area (Å²) in [4.78, 5) is 20.4. The Morgan fingerprint density at radius 3 is 2.55 bits per heavy atom. The van der Waals surface area contributed by atoms with Crippen LogP contribution in [0.25, 0.3) is 0 Å². The number of nitrogens with two attached hydrogens (primary N) is 1. The molecule has 0 radical (unpaired) electrons. The molecule has 0 aliphatic carbocycles. The minimum absolute atomic E-state index is 0.178. The fourth-order valence-corrected chi connectivity index (χ4v) is 0.527. The molecular weight excluding hydrogens is 148 g/mol. The molecular formula is C6H12N2O3. The van der Waals surface area contributed by atoms with Gasteiger partial charge in [0.25, 0.3) is 0 Å². The number of hydrogen-bond acceptors (Lipinski definition) is 3. The van der Waals surface area contributed by atoms with Crippen LogP contribution in [0.2, 0.25) is 0 Å². The molecule has 0 unspecified atom stereocenters. The van der Waals surface area contributed by atoms with Crippen LogP contribution in [0.5, 0.6) is 0 Å². The Bertz CT molecular complexity index is 158. The van der Waals surface area contributed by atoms with Crippen molar-refractivity contribution in [1.82, 2.24) is 5.32 Å². The van der Waals surface area contributed by atoms with Crippen molar-refractivity contribution < 1.29 is 14.7 Å². The highest BCUT2D eigenvalue weighted by Gasteiger charge is 2.09. The third-order valence-corrected chi connectivity index (χ3v) is 1.15. The molecule has 0 aromatic carbocycles. The van der Waals surface area contributed by atoms with E-state index in [4.69, 9.17) is 10.8 Å². The number of amides is 1. The molecule has 1 amide bonds. The maximum atomic E-state index is 10.3. The van der Waals surface area contributed by atoms with Crippen molar-refractivity contribution in [3.8, 4) is 0 Å². The SMILES string of the molecule is CC(=O)NCC[C@@H](N)C(=O)O. The summed E-state index contributed by atoms with van der Waals surface area (Å²) in [5.74, 6) is -1.22. The van der Waals surface area contributed by atoms with Crippen molar-refractivity contribution in [3.05, 3.63) is 0 Å². The lowest BCUT2D eigenvalue weighted by atomic mass is 10.2. The summed E-state index contributed by atoms with van der Waals surface area (Å²) >= 11 is 0. The van der Waals surface area contributed by atoms with Gasteiger partial charge in [-0.1, -0.05) is 0 Å². The van der Waals surface area contributed by atoms with Gasteiger partial charge in [0, 0.05) is 13.5 Å². The first-order chi connectivity index (χ1) is 5.04. The molecule has 0 saturated heterocycles. The highest BCUT2D eigenvalue weighted by Crippen LogP contribution is 1.85. The lowest BCUT2D eigenvalue weighted by Gasteiger charge is -2.05. The summed E-state index contributed by atoms with van der Waals surface area (Å²) in [5.41, 5.74) is 5.15. The van der Waals surface area contributed by atoms with Gasteiger partial charge < -0.3 is 16.2 Å². The predicted molar refractivity (Wildman–Crippen MR) is 38.9 cm³/mol. The number of rotatable bonds is 4. The van der Waals surface area contributed by atoms with Crippen molar-refractivity contribution >= 4 is 11.9 Å². The molecule has 0 bridgehead atoms. The molecule has 0 aromatic rings. The summed E-state index contributed by atoms with van der Waals surface area (Å²) in [6, 6.07) is -0.887. The first-order valence-corrected chi connectivity index (χ1v) is 3.27. The minimum Gasteiger partial charge on any atom is -0.480 e. The van der Waals surface area contributed by atoms with Crippen LogP contribution in [-0.2, 0) is 9.59 Å². The number of carboxylic acids is 1. The van der Waals surface area contributed by atoms with Crippen LogP contribution in [0.4, 0.5) is 0 Å². The minimum atomic E-state index is -1.05. The molecule has 5 nitrogen and oxygen atoms in total. The van der Waals surface area contributed by atoms with E-state index in [1.807, 2.05) is 0 Å². The van der Waals surface area contributed by atoms with Gasteiger partial charge in [-0.2, -0.15) is 0 Å². The van der Waals surface area contributed by atoms with E-state index in [-0.39, 0.29) is 12.3 Å². The average Bonchev–Trinajstić information content (AvgIpc) is 1.86. The van der Waals surface area contributed by atoms with Crippen LogP contribution in [0, 0.1) is 0 Å². The maximum Gasteiger partial charge on any atom is 0.320 e. The predicted octanol–water partition coefficient (Wildman–Crippen LogP) is -1.08. The molecule has 11 heavy (non-hydrogen) atoms. The Labute approximate surface area is 64.6 Å². The first-order valence-electron chi connectivity index (χ1n) is 3.27. The first kappa shape index (κ1) is 9.90. The van der Waals surface area contributed by atoms with Gasteiger partial charge in [0.05, 0.1) is 0 Å². The van der Waals surface area contributed by atoms with Crippen molar-refractivity contribution in [3.63, 3.8) is 0 Å². The van der Waals surface area contributed by atoms with Crippen LogP contribution in [0.15, 0.2) is 0 Å². The van der Waals surface area contributed by atoms with Gasteiger partial charge >= 0.3 is 5.97 Å². The molecule has 0 rings (SSSR count). The van der Waals surface area contributed by atoms with Crippen molar-refractivity contribution in [2.45, 2.75) is 19.4 Å². The van der Waals surface area contributed by atoms with Crippen LogP contribution in [0.3, 0.4) is 0 Å². The van der Waals surface area contributed by atoms with Crippen molar-refractivity contribution in [2.75, 3.05) is 6.54 Å². The molecule has 1 atom stereocenters. The summed E-state index contributed by atoms with van der Waals surface area (Å²) in [7, 11) is 0. The third-order valence-electron chi connectivity index (χ3n) is 1.15. The Kier molecular flexibility index (Phi) is 4.21. The Morgan fingerprint density at radius 2 is 2.18 bits per heavy atom. The van der Waals surface area contributed by atoms with E-state index in [1.54, 1.807) is 0 Å². The van der Waals surface area contributed by atoms with Gasteiger partial charge in [-0.05, 0) is 6.42 Å². The summed E-state index contributed by atoms with van der Waals surface area (Å²) in [6.45, 7) is 1.68. The summed E-state index contributed by atoms with van der Waals surface area (Å²) in [6.07, 6.45) is 0.259. The van der Waals surface area contributed by atoms with Gasteiger partial charge in [-0.15, -0.1) is 0 Å². The average molecular weight is 160 g/mol. The van der Waals surface area contributed by atoms with Crippen LogP contribution in [-0.4, -0.2) is 29.6 Å². The van der Waals surface area contributed by atoms with E-state index in [9.17, 15) is 9.59 Å². The van der Waals surface area contributed by atoms with Crippen molar-refractivity contribution in [1.29, 1.82) is 0 Å². The molecule has 0 spiro atoms. The monoisotopic (exact) mass is 160 g/mol. The Morgan fingerprint density at radius 1 is 1.64 bits per heavy atom. The standard InChI is InChI=1S/C6H12N2O3/c1-4(9)8-3-2-5(7)6(10)11/h5H,2-3,7H2,1H3,(H,8,9)(H,10,11)/t5-/m1/s1. The van der Waals surface area contributed by atoms with E-state index in [0.717, 1.165) is 0 Å². The maximum absolute atomic E-state index is 10.3. The van der Waals surface area contributed by atoms with E-state index in [2.05, 4.69) is 5.32 Å². The Hall–Kier alpha value is -1.10. The van der Waals surface area contributed by atoms with Crippen molar-refractivity contribution in [2.24, 2.45) is 5.73 Å². The van der Waals surface area contributed by atoms with E-state index in [0.29, 0.717) is 6.54 Å². The molecule has 5 heteroatoms. The molecule has 0 aliphatic heterocycles. The van der Waals surface area contributed by atoms with Crippen LogP contribution >= 0.6 is 0 Å². The van der Waals surface area contributed by atoms with E-state index >= 15 is 0 Å². The number of carboxylic acid groups (broad SMARTS) is 1. The second kappa shape index (κ2) is 4.68. The lowest BCUT2D eigenvalue weighted by Crippen LogP contribution is -2.34. The fraction of sp³-hybridized carbons (Fsp3) is 0.667. The van der Waals surface area contributed by atoms with Gasteiger partial charge in [0.1, 0.15) is 6.04 Å². The smallest absolute Gasteiger partial charge is 0.320 e. The highest BCUT2D eigenvalue weighted by molar-refractivity contribution is 5.74.